The minimum Gasteiger partial charge on any atom is -0.497 e. The predicted octanol–water partition coefficient (Wildman–Crippen LogP) is 3.50. The SMILES string of the molecule is CCN(CC)C(=S)SC(Cn1ccnc1)C(=O)c1ccc(OC)cc1. The Morgan fingerprint density at radius 1 is 1.32 bits per heavy atom. The molecular weight excluding hydrogens is 354 g/mol. The lowest BCUT2D eigenvalue weighted by atomic mass is 10.1. The molecule has 0 N–H and O–H groups in total. The van der Waals surface area contributed by atoms with E-state index in [-0.39, 0.29) is 11.0 Å². The molecule has 1 atom stereocenters. The highest BCUT2D eigenvalue weighted by Crippen LogP contribution is 2.23. The second-order valence-corrected chi connectivity index (χ2v) is 7.23. The van der Waals surface area contributed by atoms with E-state index in [0.717, 1.165) is 23.2 Å². The van der Waals surface area contributed by atoms with Crippen LogP contribution in [0.5, 0.6) is 5.75 Å². The summed E-state index contributed by atoms with van der Waals surface area (Å²) < 4.78 is 7.82. The fourth-order valence-electron chi connectivity index (χ4n) is 2.38. The third-order valence-electron chi connectivity index (χ3n) is 3.87. The summed E-state index contributed by atoms with van der Waals surface area (Å²) in [7, 11) is 1.61. The molecule has 0 saturated heterocycles. The van der Waals surface area contributed by atoms with Crippen molar-refractivity contribution < 1.29 is 9.53 Å². The van der Waals surface area contributed by atoms with Crippen LogP contribution in [0, 0.1) is 0 Å². The van der Waals surface area contributed by atoms with Gasteiger partial charge in [-0.2, -0.15) is 0 Å². The molecule has 5 nitrogen and oxygen atoms in total. The first kappa shape index (κ1) is 19.5. The van der Waals surface area contributed by atoms with Gasteiger partial charge in [-0.15, -0.1) is 0 Å². The maximum atomic E-state index is 13.0. The standard InChI is InChI=1S/C18H23N3O2S2/c1-4-21(5-2)18(24)25-16(12-20-11-10-19-13-20)17(22)14-6-8-15(23-3)9-7-14/h6-11,13,16H,4-5,12H2,1-3H3. The Morgan fingerprint density at radius 2 is 2.00 bits per heavy atom. The molecule has 0 radical (unpaired) electrons. The van der Waals surface area contributed by atoms with Crippen LogP contribution in [0.3, 0.4) is 0 Å². The number of ketones is 1. The highest BCUT2D eigenvalue weighted by molar-refractivity contribution is 8.23. The van der Waals surface area contributed by atoms with Crippen molar-refractivity contribution in [1.82, 2.24) is 14.5 Å². The molecule has 0 amide bonds. The molecule has 25 heavy (non-hydrogen) atoms. The van der Waals surface area contributed by atoms with Gasteiger partial charge in [0.25, 0.3) is 0 Å². The largest absolute Gasteiger partial charge is 0.497 e. The Morgan fingerprint density at radius 3 is 2.52 bits per heavy atom. The van der Waals surface area contributed by atoms with Gasteiger partial charge in [0.2, 0.25) is 0 Å². The van der Waals surface area contributed by atoms with E-state index in [1.54, 1.807) is 43.9 Å². The lowest BCUT2D eigenvalue weighted by molar-refractivity contribution is 0.0984. The molecule has 0 aliphatic carbocycles. The molecule has 2 rings (SSSR count). The number of hydrogen-bond donors (Lipinski definition) is 0. The van der Waals surface area contributed by atoms with E-state index >= 15 is 0 Å². The highest BCUT2D eigenvalue weighted by Gasteiger charge is 2.24. The lowest BCUT2D eigenvalue weighted by Gasteiger charge is -2.24. The molecule has 1 heterocycles. The molecule has 1 unspecified atom stereocenters. The number of thiocarbonyl (C=S) groups is 1. The van der Waals surface area contributed by atoms with E-state index < -0.39 is 0 Å². The first-order valence-electron chi connectivity index (χ1n) is 8.18. The van der Waals surface area contributed by atoms with Gasteiger partial charge in [-0.25, -0.2) is 4.98 Å². The van der Waals surface area contributed by atoms with Crippen LogP contribution in [0.25, 0.3) is 0 Å². The monoisotopic (exact) mass is 377 g/mol. The van der Waals surface area contributed by atoms with Crippen molar-refractivity contribution in [2.45, 2.75) is 25.6 Å². The number of rotatable bonds is 8. The van der Waals surface area contributed by atoms with Crippen molar-refractivity contribution in [3.05, 3.63) is 48.5 Å². The van der Waals surface area contributed by atoms with Crippen LogP contribution in [-0.2, 0) is 6.54 Å². The Kier molecular flexibility index (Phi) is 7.46. The number of thioether (sulfide) groups is 1. The predicted molar refractivity (Wildman–Crippen MR) is 106 cm³/mol. The van der Waals surface area contributed by atoms with Crippen LogP contribution in [0.4, 0.5) is 0 Å². The number of benzene rings is 1. The number of imidazole rings is 1. The van der Waals surface area contributed by atoms with Gasteiger partial charge in [-0.3, -0.25) is 4.79 Å². The molecule has 0 aliphatic heterocycles. The zero-order valence-corrected chi connectivity index (χ0v) is 16.3. The molecule has 7 heteroatoms. The number of ether oxygens (including phenoxy) is 1. The average Bonchev–Trinajstić information content (AvgIpc) is 3.15. The van der Waals surface area contributed by atoms with E-state index in [1.807, 2.05) is 10.8 Å². The number of aromatic nitrogens is 2. The molecule has 1 aromatic heterocycles. The first-order chi connectivity index (χ1) is 12.1. The normalized spacial score (nSPS) is 11.8. The summed E-state index contributed by atoms with van der Waals surface area (Å²) in [6, 6.07) is 7.19. The van der Waals surface area contributed by atoms with Crippen molar-refractivity contribution in [2.75, 3.05) is 20.2 Å². The number of carbonyl (C=O) groups excluding carboxylic acids is 1. The summed E-state index contributed by atoms with van der Waals surface area (Å²) in [5.41, 5.74) is 0.653. The second kappa shape index (κ2) is 9.58. The Labute approximate surface area is 158 Å². The minimum absolute atomic E-state index is 0.0517. The van der Waals surface area contributed by atoms with Gasteiger partial charge in [0.15, 0.2) is 5.78 Å². The van der Waals surface area contributed by atoms with Crippen LogP contribution >= 0.6 is 24.0 Å². The molecule has 0 aliphatic rings. The third-order valence-corrected chi connectivity index (χ3v) is 5.52. The number of methoxy groups -OCH3 is 1. The number of nitrogens with zero attached hydrogens (tertiary/aromatic N) is 3. The van der Waals surface area contributed by atoms with Crippen molar-refractivity contribution in [3.63, 3.8) is 0 Å². The molecule has 0 spiro atoms. The van der Waals surface area contributed by atoms with Crippen molar-refractivity contribution in [3.8, 4) is 5.75 Å². The molecular formula is C18H23N3O2S2. The van der Waals surface area contributed by atoms with Gasteiger partial charge in [0.1, 0.15) is 10.1 Å². The molecule has 2 aromatic rings. The smallest absolute Gasteiger partial charge is 0.178 e. The van der Waals surface area contributed by atoms with Gasteiger partial charge in [-0.1, -0.05) is 24.0 Å². The van der Waals surface area contributed by atoms with Gasteiger partial charge >= 0.3 is 0 Å². The summed E-state index contributed by atoms with van der Waals surface area (Å²) in [5.74, 6) is 0.782. The maximum absolute atomic E-state index is 13.0. The fraction of sp³-hybridized carbons (Fsp3) is 0.389. The summed E-state index contributed by atoms with van der Waals surface area (Å²) in [5, 5.41) is -0.310. The number of carbonyl (C=O) groups is 1. The van der Waals surface area contributed by atoms with Crippen LogP contribution in [-0.4, -0.2) is 50.0 Å². The van der Waals surface area contributed by atoms with E-state index in [9.17, 15) is 4.79 Å². The van der Waals surface area contributed by atoms with Gasteiger partial charge in [0, 0.05) is 37.6 Å². The Hall–Kier alpha value is -1.86. The number of Topliss-reactive ketones (excluding diaryl/α,β-unsaturated/α-hetero) is 1. The van der Waals surface area contributed by atoms with E-state index in [1.165, 1.54) is 11.8 Å². The zero-order valence-electron chi connectivity index (χ0n) is 14.7. The minimum atomic E-state index is -0.310. The third kappa shape index (κ3) is 5.31. The molecule has 134 valence electrons. The maximum Gasteiger partial charge on any atom is 0.178 e. The van der Waals surface area contributed by atoms with Crippen LogP contribution in [0.1, 0.15) is 24.2 Å². The van der Waals surface area contributed by atoms with Gasteiger partial charge in [-0.05, 0) is 38.1 Å². The van der Waals surface area contributed by atoms with Crippen molar-refractivity contribution in [1.29, 1.82) is 0 Å². The molecule has 0 saturated carbocycles. The Balaban J connectivity index is 2.20. The highest BCUT2D eigenvalue weighted by atomic mass is 32.2. The molecule has 1 aromatic carbocycles. The summed E-state index contributed by atoms with van der Waals surface area (Å²) in [6.07, 6.45) is 5.28. The van der Waals surface area contributed by atoms with Crippen LogP contribution < -0.4 is 4.74 Å². The molecule has 0 fully saturated rings. The van der Waals surface area contributed by atoms with E-state index in [0.29, 0.717) is 12.1 Å². The lowest BCUT2D eigenvalue weighted by Crippen LogP contribution is -2.32. The second-order valence-electron chi connectivity index (χ2n) is 5.40. The topological polar surface area (TPSA) is 47.4 Å². The average molecular weight is 378 g/mol. The van der Waals surface area contributed by atoms with Gasteiger partial charge < -0.3 is 14.2 Å². The van der Waals surface area contributed by atoms with Crippen LogP contribution in [0.2, 0.25) is 0 Å². The summed E-state index contributed by atoms with van der Waals surface area (Å²) in [6.45, 7) is 6.31. The summed E-state index contributed by atoms with van der Waals surface area (Å²) in [4.78, 5) is 19.2. The van der Waals surface area contributed by atoms with Crippen molar-refractivity contribution in [2.24, 2.45) is 0 Å². The zero-order chi connectivity index (χ0) is 18.2. The van der Waals surface area contributed by atoms with Crippen LogP contribution in [0.15, 0.2) is 43.0 Å². The van der Waals surface area contributed by atoms with E-state index in [4.69, 9.17) is 17.0 Å². The quantitative estimate of drug-likeness (QED) is 0.518. The molecule has 0 bridgehead atoms. The Bertz CT molecular complexity index is 683. The first-order valence-corrected chi connectivity index (χ1v) is 9.47. The van der Waals surface area contributed by atoms with Crippen molar-refractivity contribution >= 4 is 34.1 Å². The fourth-order valence-corrected chi connectivity index (χ4v) is 4.13. The van der Waals surface area contributed by atoms with Gasteiger partial charge in [0.05, 0.1) is 18.7 Å². The summed E-state index contributed by atoms with van der Waals surface area (Å²) >= 11 is 6.99. The number of hydrogen-bond acceptors (Lipinski definition) is 5. The van der Waals surface area contributed by atoms with E-state index in [2.05, 4.69) is 23.7 Å².